The third kappa shape index (κ3) is 28.9. The largest absolute Gasteiger partial charge is 0.462 e. The molecule has 4 unspecified atom stereocenters. The number of carbonyl (C=O) groups excluding carboxylic acids is 2. The molecule has 0 aromatic rings. The first-order valence-electron chi connectivity index (χ1n) is 26.8. The zero-order chi connectivity index (χ0) is 50.3. The van der Waals surface area contributed by atoms with Crippen molar-refractivity contribution in [2.45, 2.75) is 255 Å². The van der Waals surface area contributed by atoms with Crippen molar-refractivity contribution in [3.05, 3.63) is 48.6 Å². The van der Waals surface area contributed by atoms with Crippen molar-refractivity contribution in [2.24, 2.45) is 0 Å². The van der Waals surface area contributed by atoms with Crippen molar-refractivity contribution >= 4 is 11.9 Å². The summed E-state index contributed by atoms with van der Waals surface area (Å²) in [5.74, 6) is -0.948. The first-order chi connectivity index (χ1) is 33.5. The highest BCUT2D eigenvalue weighted by Gasteiger charge is 2.47. The van der Waals surface area contributed by atoms with E-state index in [0.29, 0.717) is 12.8 Å². The van der Waals surface area contributed by atoms with Gasteiger partial charge >= 0.3 is 11.9 Å². The highest BCUT2D eigenvalue weighted by Crippen LogP contribution is 2.26. The summed E-state index contributed by atoms with van der Waals surface area (Å²) in [7, 11) is 0. The van der Waals surface area contributed by atoms with Gasteiger partial charge in [0.05, 0.1) is 19.8 Å². The van der Waals surface area contributed by atoms with Crippen LogP contribution in [0.1, 0.15) is 187 Å². The summed E-state index contributed by atoms with van der Waals surface area (Å²) < 4.78 is 33.6. The van der Waals surface area contributed by atoms with Crippen LogP contribution < -0.4 is 0 Å². The molecular weight excluding hydrogens is 889 g/mol. The molecule has 15 nitrogen and oxygen atoms in total. The van der Waals surface area contributed by atoms with Crippen LogP contribution in [0.25, 0.3) is 0 Å². The fourth-order valence-corrected chi connectivity index (χ4v) is 8.29. The smallest absolute Gasteiger partial charge is 0.306 e. The molecule has 2 aliphatic heterocycles. The van der Waals surface area contributed by atoms with Gasteiger partial charge in [-0.15, -0.1) is 0 Å². The first kappa shape index (κ1) is 62.6. The Hall–Kier alpha value is -2.54. The van der Waals surface area contributed by atoms with Crippen LogP contribution >= 0.6 is 0 Å². The van der Waals surface area contributed by atoms with Gasteiger partial charge in [0.2, 0.25) is 0 Å². The van der Waals surface area contributed by atoms with Crippen LogP contribution in [-0.2, 0) is 38.0 Å². The van der Waals surface area contributed by atoms with Crippen molar-refractivity contribution in [1.82, 2.24) is 0 Å². The molecule has 11 atom stereocenters. The summed E-state index contributed by atoms with van der Waals surface area (Å²) in [6, 6.07) is 0. The van der Waals surface area contributed by atoms with Gasteiger partial charge in [-0.05, 0) is 32.1 Å². The Morgan fingerprint density at radius 3 is 1.43 bits per heavy atom. The summed E-state index contributed by atoms with van der Waals surface area (Å²) in [6.45, 7) is 2.44. The molecule has 400 valence electrons. The molecule has 0 radical (unpaired) electrons. The second-order valence-corrected chi connectivity index (χ2v) is 18.8. The normalized spacial score (nSPS) is 25.9. The number of unbranched alkanes of at least 4 members (excludes halogenated alkanes) is 22. The number of aliphatic hydroxyl groups excluding tert-OH is 7. The van der Waals surface area contributed by atoms with E-state index in [0.717, 1.165) is 57.8 Å². The minimum atomic E-state index is -1.77. The van der Waals surface area contributed by atoms with Crippen molar-refractivity contribution < 1.29 is 73.8 Å². The minimum absolute atomic E-state index is 0.161. The highest BCUT2D eigenvalue weighted by atomic mass is 16.7. The molecule has 7 N–H and O–H groups in total. The molecule has 2 aliphatic rings. The lowest BCUT2D eigenvalue weighted by molar-refractivity contribution is -0.332. The lowest BCUT2D eigenvalue weighted by Gasteiger charge is -2.42. The number of hydrogen-bond acceptors (Lipinski definition) is 15. The molecule has 69 heavy (non-hydrogen) atoms. The van der Waals surface area contributed by atoms with Crippen LogP contribution in [0.15, 0.2) is 48.6 Å². The maximum Gasteiger partial charge on any atom is 0.306 e. The first-order valence-corrected chi connectivity index (χ1v) is 26.8. The quantitative estimate of drug-likeness (QED) is 0.0176. The Bertz CT molecular complexity index is 1390. The second-order valence-electron chi connectivity index (χ2n) is 18.8. The fourth-order valence-electron chi connectivity index (χ4n) is 8.29. The van der Waals surface area contributed by atoms with Crippen molar-refractivity contribution in [3.8, 4) is 0 Å². The van der Waals surface area contributed by atoms with Gasteiger partial charge in [0.25, 0.3) is 0 Å². The third-order valence-electron chi connectivity index (χ3n) is 12.7. The molecule has 0 spiro atoms. The van der Waals surface area contributed by atoms with E-state index in [2.05, 4.69) is 26.0 Å². The van der Waals surface area contributed by atoms with E-state index >= 15 is 0 Å². The molecule has 2 rings (SSSR count). The van der Waals surface area contributed by atoms with Crippen LogP contribution in [-0.4, -0.2) is 142 Å². The summed E-state index contributed by atoms with van der Waals surface area (Å²) in [5, 5.41) is 72.1. The minimum Gasteiger partial charge on any atom is -0.462 e. The van der Waals surface area contributed by atoms with E-state index in [1.165, 1.54) is 89.9 Å². The second kappa shape index (κ2) is 41.0. The summed E-state index contributed by atoms with van der Waals surface area (Å²) in [5.41, 5.74) is 0. The number of esters is 2. The van der Waals surface area contributed by atoms with Gasteiger partial charge in [-0.3, -0.25) is 9.59 Å². The Balaban J connectivity index is 1.79. The zero-order valence-electron chi connectivity index (χ0n) is 42.3. The standard InChI is InChI=1S/C54H94O15/c1-3-5-7-9-11-13-15-17-19-20-21-23-25-27-29-31-33-35-37-46(57)67-42(39-64-45(56)36-34-32-30-28-26-24-22-18-16-14-12-10-8-6-4-2)40-65-53-52(63)50(61)48(59)44(69-53)41-66-54-51(62)49(60)47(58)43(38-55)68-54/h6,8,10,12,14,16,18,22,42-44,47-55,58-63H,3-5,7,9,11,13,15,17,19-21,23-41H2,1-2H3/b8-6+,12-10+,16-14+,22-18+/t42-,43+,44+,47-,48-,49?,50?,51?,52?,53+,54+/m1/s1. The molecule has 2 heterocycles. The molecular formula is C54H94O15. The average molecular weight is 983 g/mol. The van der Waals surface area contributed by atoms with E-state index in [4.69, 9.17) is 28.4 Å². The van der Waals surface area contributed by atoms with Gasteiger partial charge in [-0.2, -0.15) is 0 Å². The van der Waals surface area contributed by atoms with E-state index in [1.54, 1.807) is 0 Å². The predicted molar refractivity (Wildman–Crippen MR) is 266 cm³/mol. The van der Waals surface area contributed by atoms with Gasteiger partial charge in [0.15, 0.2) is 18.7 Å². The summed E-state index contributed by atoms with van der Waals surface area (Å²) >= 11 is 0. The number of aliphatic hydroxyl groups is 7. The molecule has 0 amide bonds. The number of ether oxygens (including phenoxy) is 6. The molecule has 0 bridgehead atoms. The third-order valence-corrected chi connectivity index (χ3v) is 12.7. The highest BCUT2D eigenvalue weighted by molar-refractivity contribution is 5.70. The fraction of sp³-hybridized carbons (Fsp3) is 0.815. The van der Waals surface area contributed by atoms with Crippen molar-refractivity contribution in [2.75, 3.05) is 26.4 Å². The Labute approximate surface area is 414 Å². The van der Waals surface area contributed by atoms with Crippen LogP contribution in [0.2, 0.25) is 0 Å². The molecule has 2 fully saturated rings. The lowest BCUT2D eigenvalue weighted by atomic mass is 9.98. The van der Waals surface area contributed by atoms with E-state index < -0.39 is 92.7 Å². The monoisotopic (exact) mass is 983 g/mol. The van der Waals surface area contributed by atoms with Crippen molar-refractivity contribution in [3.63, 3.8) is 0 Å². The van der Waals surface area contributed by atoms with Gasteiger partial charge < -0.3 is 64.2 Å². The topological polar surface area (TPSA) is 231 Å². The number of hydrogen-bond donors (Lipinski definition) is 7. The lowest BCUT2D eigenvalue weighted by Crippen LogP contribution is -2.61. The predicted octanol–water partition coefficient (Wildman–Crippen LogP) is 7.88. The SMILES string of the molecule is CC/C=C/C=C/C=C/C=C/CCCCCCCC(=O)OC[C@H](CO[C@H]1O[C@@H](CO[C@H]2O[C@@H](CO)[C@@H](O)C(O)C2O)[C@@H](O)C(O)C1O)OC(=O)CCCCCCCCCCCCCCCCCCCC. The Kier molecular flexibility index (Phi) is 37.2. The Morgan fingerprint density at radius 2 is 0.913 bits per heavy atom. The maximum absolute atomic E-state index is 13.0. The number of carbonyl (C=O) groups is 2. The Morgan fingerprint density at radius 1 is 0.478 bits per heavy atom. The van der Waals surface area contributed by atoms with Crippen LogP contribution in [0.4, 0.5) is 0 Å². The van der Waals surface area contributed by atoms with Gasteiger partial charge in [0, 0.05) is 12.8 Å². The van der Waals surface area contributed by atoms with Gasteiger partial charge in [-0.1, -0.05) is 191 Å². The van der Waals surface area contributed by atoms with Crippen LogP contribution in [0.3, 0.4) is 0 Å². The molecule has 15 heteroatoms. The summed E-state index contributed by atoms with van der Waals surface area (Å²) in [6.07, 6.45) is 28.5. The molecule has 0 aliphatic carbocycles. The van der Waals surface area contributed by atoms with E-state index in [9.17, 15) is 45.3 Å². The summed E-state index contributed by atoms with van der Waals surface area (Å²) in [4.78, 5) is 25.8. The number of allylic oxidation sites excluding steroid dienone is 8. The van der Waals surface area contributed by atoms with Gasteiger partial charge in [-0.25, -0.2) is 0 Å². The zero-order valence-corrected chi connectivity index (χ0v) is 42.3. The number of rotatable bonds is 41. The van der Waals surface area contributed by atoms with E-state index in [-0.39, 0.29) is 26.1 Å². The van der Waals surface area contributed by atoms with Crippen LogP contribution in [0, 0.1) is 0 Å². The molecule has 0 saturated carbocycles. The van der Waals surface area contributed by atoms with Crippen molar-refractivity contribution in [1.29, 1.82) is 0 Å². The molecule has 0 aromatic heterocycles. The van der Waals surface area contributed by atoms with Gasteiger partial charge in [0.1, 0.15) is 55.4 Å². The maximum atomic E-state index is 13.0. The van der Waals surface area contributed by atoms with Crippen LogP contribution in [0.5, 0.6) is 0 Å². The average Bonchev–Trinajstić information content (AvgIpc) is 3.34. The molecule has 0 aromatic carbocycles. The molecule has 2 saturated heterocycles. The van der Waals surface area contributed by atoms with E-state index in [1.807, 2.05) is 36.5 Å².